The molecule has 0 amide bonds. The molecule has 2 rings (SSSR count). The van der Waals surface area contributed by atoms with E-state index in [9.17, 15) is 10.1 Å². The van der Waals surface area contributed by atoms with Crippen molar-refractivity contribution in [2.24, 2.45) is 7.05 Å². The summed E-state index contributed by atoms with van der Waals surface area (Å²) >= 11 is 0. The molecule has 0 atom stereocenters. The van der Waals surface area contributed by atoms with E-state index in [0.717, 1.165) is 12.8 Å². The van der Waals surface area contributed by atoms with Gasteiger partial charge in [-0.05, 0) is 26.7 Å². The van der Waals surface area contributed by atoms with Crippen LogP contribution in [-0.2, 0) is 7.05 Å². The fraction of sp³-hybridized carbons (Fsp3) is 0.667. The lowest BCUT2D eigenvalue weighted by atomic mass is 10.3. The van der Waals surface area contributed by atoms with Gasteiger partial charge in [-0.3, -0.25) is 10.1 Å². The van der Waals surface area contributed by atoms with Crippen LogP contribution in [0.1, 0.15) is 25.5 Å². The van der Waals surface area contributed by atoms with Crippen LogP contribution in [0.3, 0.4) is 0 Å². The first-order valence-electron chi connectivity index (χ1n) is 4.89. The number of rotatable bonds is 3. The summed E-state index contributed by atoms with van der Waals surface area (Å²) in [5.74, 6) is 0.512. The molecule has 0 unspecified atom stereocenters. The molecule has 1 fully saturated rings. The van der Waals surface area contributed by atoms with E-state index >= 15 is 0 Å². The summed E-state index contributed by atoms with van der Waals surface area (Å²) in [4.78, 5) is 10.5. The molecule has 1 aromatic heterocycles. The zero-order chi connectivity index (χ0) is 11.2. The second-order valence-corrected chi connectivity index (χ2v) is 4.35. The molecule has 1 heterocycles. The van der Waals surface area contributed by atoms with Gasteiger partial charge in [0, 0.05) is 12.6 Å². The highest BCUT2D eigenvalue weighted by Crippen LogP contribution is 2.40. The average molecular weight is 210 g/mol. The third-order valence-electron chi connectivity index (χ3n) is 2.79. The molecule has 1 N–H and O–H groups in total. The molecular weight excluding hydrogens is 196 g/mol. The van der Waals surface area contributed by atoms with E-state index in [0.29, 0.717) is 11.5 Å². The van der Waals surface area contributed by atoms with Crippen molar-refractivity contribution in [1.82, 2.24) is 9.78 Å². The van der Waals surface area contributed by atoms with Crippen LogP contribution in [0.4, 0.5) is 11.5 Å². The van der Waals surface area contributed by atoms with Crippen molar-refractivity contribution in [3.63, 3.8) is 0 Å². The standard InChI is InChI=1S/C9H14N4O2/c1-6-7(13(14)15)8(12(3)11-6)10-9(2)4-5-9/h10H,4-5H2,1-3H3. The molecule has 0 aliphatic heterocycles. The topological polar surface area (TPSA) is 73.0 Å². The van der Waals surface area contributed by atoms with Gasteiger partial charge in [-0.1, -0.05) is 0 Å². The Morgan fingerprint density at radius 2 is 2.20 bits per heavy atom. The van der Waals surface area contributed by atoms with Crippen molar-refractivity contribution >= 4 is 11.5 Å². The minimum absolute atomic E-state index is 0.0188. The lowest BCUT2D eigenvalue weighted by Crippen LogP contribution is -2.19. The largest absolute Gasteiger partial charge is 0.359 e. The van der Waals surface area contributed by atoms with Crippen LogP contribution >= 0.6 is 0 Å². The van der Waals surface area contributed by atoms with Gasteiger partial charge in [-0.15, -0.1) is 0 Å². The number of aromatic nitrogens is 2. The molecule has 15 heavy (non-hydrogen) atoms. The van der Waals surface area contributed by atoms with Crippen LogP contribution in [0.2, 0.25) is 0 Å². The van der Waals surface area contributed by atoms with E-state index in [1.165, 1.54) is 4.68 Å². The fourth-order valence-electron chi connectivity index (χ4n) is 1.60. The van der Waals surface area contributed by atoms with Crippen LogP contribution in [0.15, 0.2) is 0 Å². The molecular formula is C9H14N4O2. The van der Waals surface area contributed by atoms with Gasteiger partial charge in [0.15, 0.2) is 0 Å². The van der Waals surface area contributed by atoms with Crippen LogP contribution in [0.5, 0.6) is 0 Å². The van der Waals surface area contributed by atoms with E-state index in [2.05, 4.69) is 17.3 Å². The zero-order valence-electron chi connectivity index (χ0n) is 9.07. The van der Waals surface area contributed by atoms with Gasteiger partial charge in [-0.25, -0.2) is 4.68 Å². The molecule has 0 saturated heterocycles. The average Bonchev–Trinajstić information content (AvgIpc) is 2.74. The summed E-state index contributed by atoms with van der Waals surface area (Å²) in [7, 11) is 1.72. The summed E-state index contributed by atoms with van der Waals surface area (Å²) in [5, 5.41) is 18.1. The lowest BCUT2D eigenvalue weighted by molar-refractivity contribution is -0.384. The van der Waals surface area contributed by atoms with E-state index in [1.807, 2.05) is 0 Å². The molecule has 0 bridgehead atoms. The van der Waals surface area contributed by atoms with Crippen molar-refractivity contribution in [2.45, 2.75) is 32.2 Å². The minimum Gasteiger partial charge on any atom is -0.359 e. The molecule has 0 spiro atoms. The summed E-state index contributed by atoms with van der Waals surface area (Å²) in [6.45, 7) is 3.71. The Labute approximate surface area is 87.4 Å². The first-order valence-corrected chi connectivity index (χ1v) is 4.89. The Balaban J connectivity index is 2.39. The Morgan fingerprint density at radius 1 is 1.60 bits per heavy atom. The number of nitrogens with zero attached hydrogens (tertiary/aromatic N) is 3. The van der Waals surface area contributed by atoms with Gasteiger partial charge in [-0.2, -0.15) is 5.10 Å². The molecule has 6 nitrogen and oxygen atoms in total. The van der Waals surface area contributed by atoms with Gasteiger partial charge in [0.25, 0.3) is 0 Å². The number of hydrogen-bond donors (Lipinski definition) is 1. The summed E-state index contributed by atoms with van der Waals surface area (Å²) in [6, 6.07) is 0. The minimum atomic E-state index is -0.379. The number of hydrogen-bond acceptors (Lipinski definition) is 4. The summed E-state index contributed by atoms with van der Waals surface area (Å²) in [5.41, 5.74) is 0.560. The Hall–Kier alpha value is -1.59. The molecule has 1 aromatic rings. The van der Waals surface area contributed by atoms with Crippen LogP contribution in [-0.4, -0.2) is 20.2 Å². The number of nitrogens with one attached hydrogen (secondary N) is 1. The van der Waals surface area contributed by atoms with Crippen molar-refractivity contribution < 1.29 is 4.92 Å². The maximum Gasteiger partial charge on any atom is 0.333 e. The van der Waals surface area contributed by atoms with E-state index in [-0.39, 0.29) is 16.1 Å². The monoisotopic (exact) mass is 210 g/mol. The molecule has 0 radical (unpaired) electrons. The summed E-state index contributed by atoms with van der Waals surface area (Å²) < 4.78 is 1.54. The summed E-state index contributed by atoms with van der Waals surface area (Å²) in [6.07, 6.45) is 2.10. The second kappa shape index (κ2) is 2.95. The quantitative estimate of drug-likeness (QED) is 0.607. The Morgan fingerprint density at radius 3 is 2.67 bits per heavy atom. The molecule has 82 valence electrons. The van der Waals surface area contributed by atoms with Crippen molar-refractivity contribution in [2.75, 3.05) is 5.32 Å². The molecule has 1 aliphatic carbocycles. The predicted octanol–water partition coefficient (Wildman–Crippen LogP) is 1.60. The van der Waals surface area contributed by atoms with Crippen molar-refractivity contribution in [3.8, 4) is 0 Å². The van der Waals surface area contributed by atoms with Crippen LogP contribution in [0, 0.1) is 17.0 Å². The van der Waals surface area contributed by atoms with Gasteiger partial charge in [0.2, 0.25) is 5.82 Å². The first-order chi connectivity index (χ1) is 6.93. The van der Waals surface area contributed by atoms with Crippen LogP contribution < -0.4 is 5.32 Å². The number of aryl methyl sites for hydroxylation is 2. The smallest absolute Gasteiger partial charge is 0.333 e. The van der Waals surface area contributed by atoms with Gasteiger partial charge in [0.05, 0.1) is 4.92 Å². The van der Waals surface area contributed by atoms with E-state index in [4.69, 9.17) is 0 Å². The molecule has 1 aliphatic rings. The van der Waals surface area contributed by atoms with E-state index in [1.54, 1.807) is 14.0 Å². The highest BCUT2D eigenvalue weighted by atomic mass is 16.6. The SMILES string of the molecule is Cc1nn(C)c(NC2(C)CC2)c1[N+](=O)[O-]. The van der Waals surface area contributed by atoms with Crippen molar-refractivity contribution in [3.05, 3.63) is 15.8 Å². The third-order valence-corrected chi connectivity index (χ3v) is 2.79. The van der Waals surface area contributed by atoms with E-state index < -0.39 is 0 Å². The van der Waals surface area contributed by atoms with Crippen LogP contribution in [0.25, 0.3) is 0 Å². The maximum absolute atomic E-state index is 10.9. The normalized spacial score (nSPS) is 17.5. The van der Waals surface area contributed by atoms with Gasteiger partial charge >= 0.3 is 5.69 Å². The highest BCUT2D eigenvalue weighted by molar-refractivity contribution is 5.61. The molecule has 1 saturated carbocycles. The van der Waals surface area contributed by atoms with Crippen molar-refractivity contribution in [1.29, 1.82) is 0 Å². The Kier molecular flexibility index (Phi) is 1.95. The predicted molar refractivity (Wildman–Crippen MR) is 55.9 cm³/mol. The molecule has 0 aromatic carbocycles. The van der Waals surface area contributed by atoms with Gasteiger partial charge in [0.1, 0.15) is 5.69 Å². The maximum atomic E-state index is 10.9. The first kappa shape index (κ1) is 9.95. The second-order valence-electron chi connectivity index (χ2n) is 4.35. The van der Waals surface area contributed by atoms with Gasteiger partial charge < -0.3 is 5.32 Å². The highest BCUT2D eigenvalue weighted by Gasteiger charge is 2.40. The zero-order valence-corrected chi connectivity index (χ0v) is 9.07. The molecule has 6 heteroatoms. The number of nitro groups is 1. The fourth-order valence-corrected chi connectivity index (χ4v) is 1.60. The number of anilines is 1. The third kappa shape index (κ3) is 1.67. The lowest BCUT2D eigenvalue weighted by Gasteiger charge is -2.11. The Bertz CT molecular complexity index is 420.